The van der Waals surface area contributed by atoms with Gasteiger partial charge in [-0.3, -0.25) is 9.69 Å². The second-order valence-corrected chi connectivity index (χ2v) is 7.86. The standard InChI is InChI=1S/C19H22N6OS/c1-14-21-17(13-27-14)12-24-8-5-15(6-9-24)19(26)22-16-3-2-4-18(11-16)25-10-7-20-23-25/h2-4,7,10-11,13,15H,5-6,8-9,12H2,1H3,(H,22,26). The molecular weight excluding hydrogens is 360 g/mol. The zero-order valence-electron chi connectivity index (χ0n) is 15.2. The molecule has 2 aromatic heterocycles. The zero-order valence-corrected chi connectivity index (χ0v) is 16.0. The van der Waals surface area contributed by atoms with Crippen molar-refractivity contribution in [1.29, 1.82) is 0 Å². The van der Waals surface area contributed by atoms with Crippen molar-refractivity contribution in [3.05, 3.63) is 52.7 Å². The number of amides is 1. The summed E-state index contributed by atoms with van der Waals surface area (Å²) in [6.45, 7) is 4.75. The molecule has 0 unspecified atom stereocenters. The third-order valence-corrected chi connectivity index (χ3v) is 5.63. The summed E-state index contributed by atoms with van der Waals surface area (Å²) in [5.74, 6) is 0.142. The molecule has 1 fully saturated rings. The van der Waals surface area contributed by atoms with Crippen molar-refractivity contribution < 1.29 is 4.79 Å². The van der Waals surface area contributed by atoms with Crippen LogP contribution in [0.1, 0.15) is 23.5 Å². The Hall–Kier alpha value is -2.58. The highest BCUT2D eigenvalue weighted by Crippen LogP contribution is 2.22. The number of anilines is 1. The van der Waals surface area contributed by atoms with Gasteiger partial charge in [0.25, 0.3) is 0 Å². The number of nitrogens with zero attached hydrogens (tertiary/aromatic N) is 5. The Morgan fingerprint density at radius 2 is 2.19 bits per heavy atom. The number of likely N-dealkylation sites (tertiary alicyclic amines) is 1. The quantitative estimate of drug-likeness (QED) is 0.734. The number of nitrogens with one attached hydrogen (secondary N) is 1. The topological polar surface area (TPSA) is 75.9 Å². The summed E-state index contributed by atoms with van der Waals surface area (Å²) in [6, 6.07) is 7.65. The molecule has 0 radical (unpaired) electrons. The van der Waals surface area contributed by atoms with E-state index >= 15 is 0 Å². The smallest absolute Gasteiger partial charge is 0.227 e. The van der Waals surface area contributed by atoms with Crippen LogP contribution in [0.4, 0.5) is 5.69 Å². The fraction of sp³-hybridized carbons (Fsp3) is 0.368. The minimum atomic E-state index is 0.0495. The molecule has 27 heavy (non-hydrogen) atoms. The molecule has 3 heterocycles. The van der Waals surface area contributed by atoms with Crippen molar-refractivity contribution in [3.63, 3.8) is 0 Å². The van der Waals surface area contributed by atoms with Gasteiger partial charge >= 0.3 is 0 Å². The van der Waals surface area contributed by atoms with Crippen LogP contribution in [0.3, 0.4) is 0 Å². The van der Waals surface area contributed by atoms with E-state index < -0.39 is 0 Å². The molecule has 1 aliphatic heterocycles. The van der Waals surface area contributed by atoms with Crippen LogP contribution in [0.2, 0.25) is 0 Å². The van der Waals surface area contributed by atoms with E-state index in [0.717, 1.165) is 54.6 Å². The van der Waals surface area contributed by atoms with Gasteiger partial charge in [-0.25, -0.2) is 9.67 Å². The Morgan fingerprint density at radius 1 is 1.33 bits per heavy atom. The number of piperidine rings is 1. The number of thiazole rings is 1. The van der Waals surface area contributed by atoms with Gasteiger partial charge in [0.05, 0.1) is 28.8 Å². The average Bonchev–Trinajstić information content (AvgIpc) is 3.35. The molecule has 7 nitrogen and oxygen atoms in total. The van der Waals surface area contributed by atoms with Gasteiger partial charge in [-0.05, 0) is 51.1 Å². The molecule has 0 bridgehead atoms. The summed E-state index contributed by atoms with van der Waals surface area (Å²) in [4.78, 5) is 19.6. The fourth-order valence-electron chi connectivity index (χ4n) is 3.38. The lowest BCUT2D eigenvalue weighted by Crippen LogP contribution is -2.37. The van der Waals surface area contributed by atoms with Crippen LogP contribution < -0.4 is 5.32 Å². The van der Waals surface area contributed by atoms with Gasteiger partial charge < -0.3 is 5.32 Å². The maximum absolute atomic E-state index is 12.7. The first-order valence-corrected chi connectivity index (χ1v) is 9.96. The van der Waals surface area contributed by atoms with Crippen LogP contribution in [-0.4, -0.2) is 43.9 Å². The minimum absolute atomic E-state index is 0.0495. The Morgan fingerprint density at radius 3 is 2.89 bits per heavy atom. The van der Waals surface area contributed by atoms with Gasteiger partial charge in [0.2, 0.25) is 5.91 Å². The summed E-state index contributed by atoms with van der Waals surface area (Å²) >= 11 is 1.69. The highest BCUT2D eigenvalue weighted by molar-refractivity contribution is 7.09. The molecule has 3 aromatic rings. The lowest BCUT2D eigenvalue weighted by molar-refractivity contribution is -0.121. The minimum Gasteiger partial charge on any atom is -0.326 e. The van der Waals surface area contributed by atoms with Crippen LogP contribution in [0, 0.1) is 12.8 Å². The van der Waals surface area contributed by atoms with E-state index in [0.29, 0.717) is 0 Å². The molecule has 1 amide bonds. The number of hydrogen-bond donors (Lipinski definition) is 1. The van der Waals surface area contributed by atoms with E-state index in [-0.39, 0.29) is 11.8 Å². The largest absolute Gasteiger partial charge is 0.326 e. The highest BCUT2D eigenvalue weighted by Gasteiger charge is 2.25. The van der Waals surface area contributed by atoms with Crippen molar-refractivity contribution in [3.8, 4) is 5.69 Å². The Balaban J connectivity index is 1.31. The fourth-order valence-corrected chi connectivity index (χ4v) is 3.98. The molecule has 1 aromatic carbocycles. The van der Waals surface area contributed by atoms with Crippen LogP contribution in [0.5, 0.6) is 0 Å². The number of aromatic nitrogens is 4. The molecule has 1 aliphatic rings. The lowest BCUT2D eigenvalue weighted by Gasteiger charge is -2.30. The normalized spacial score (nSPS) is 15.7. The summed E-state index contributed by atoms with van der Waals surface area (Å²) in [5.41, 5.74) is 2.79. The SMILES string of the molecule is Cc1nc(CN2CCC(C(=O)Nc3cccc(-n4ccnn4)c3)CC2)cs1. The maximum atomic E-state index is 12.7. The predicted octanol–water partition coefficient (Wildman–Crippen LogP) is 2.88. The van der Waals surface area contributed by atoms with Crippen LogP contribution in [0.25, 0.3) is 5.69 Å². The molecule has 0 saturated carbocycles. The highest BCUT2D eigenvalue weighted by atomic mass is 32.1. The van der Waals surface area contributed by atoms with Crippen molar-refractivity contribution in [1.82, 2.24) is 24.9 Å². The molecule has 0 aliphatic carbocycles. The molecule has 0 spiro atoms. The average molecular weight is 382 g/mol. The number of benzene rings is 1. The maximum Gasteiger partial charge on any atom is 0.227 e. The van der Waals surface area contributed by atoms with Crippen molar-refractivity contribution >= 4 is 22.9 Å². The lowest BCUT2D eigenvalue weighted by atomic mass is 9.95. The van der Waals surface area contributed by atoms with Crippen molar-refractivity contribution in [2.75, 3.05) is 18.4 Å². The molecule has 140 valence electrons. The monoisotopic (exact) mass is 382 g/mol. The van der Waals surface area contributed by atoms with E-state index in [1.54, 1.807) is 28.4 Å². The molecule has 0 atom stereocenters. The number of carbonyl (C=O) groups is 1. The predicted molar refractivity (Wildman–Crippen MR) is 105 cm³/mol. The van der Waals surface area contributed by atoms with Crippen molar-refractivity contribution in [2.45, 2.75) is 26.3 Å². The molecule has 4 rings (SSSR count). The number of hydrogen-bond acceptors (Lipinski definition) is 6. The van der Waals surface area contributed by atoms with Gasteiger partial charge in [-0.1, -0.05) is 11.3 Å². The number of carbonyl (C=O) groups excluding carboxylic acids is 1. The van der Waals surface area contributed by atoms with E-state index in [4.69, 9.17) is 0 Å². The first-order valence-electron chi connectivity index (χ1n) is 9.08. The molecular formula is C19H22N6OS. The number of rotatable bonds is 5. The van der Waals surface area contributed by atoms with E-state index in [1.165, 1.54) is 0 Å². The van der Waals surface area contributed by atoms with Gasteiger partial charge in [-0.15, -0.1) is 16.4 Å². The van der Waals surface area contributed by atoms with Crippen molar-refractivity contribution in [2.24, 2.45) is 5.92 Å². The van der Waals surface area contributed by atoms with Crippen LogP contribution in [0.15, 0.2) is 42.0 Å². The Kier molecular flexibility index (Phi) is 5.26. The summed E-state index contributed by atoms with van der Waals surface area (Å²) < 4.78 is 1.67. The Labute approximate surface area is 162 Å². The molecule has 8 heteroatoms. The van der Waals surface area contributed by atoms with Gasteiger partial charge in [0, 0.05) is 23.5 Å². The Bertz CT molecular complexity index is 899. The van der Waals surface area contributed by atoms with E-state index in [2.05, 4.69) is 30.9 Å². The first-order chi connectivity index (χ1) is 13.2. The zero-order chi connectivity index (χ0) is 18.6. The van der Waals surface area contributed by atoms with Gasteiger partial charge in [0.15, 0.2) is 0 Å². The summed E-state index contributed by atoms with van der Waals surface area (Å²) in [7, 11) is 0. The van der Waals surface area contributed by atoms with Crippen LogP contribution in [-0.2, 0) is 11.3 Å². The van der Waals surface area contributed by atoms with Gasteiger partial charge in [0.1, 0.15) is 0 Å². The second-order valence-electron chi connectivity index (χ2n) is 6.80. The summed E-state index contributed by atoms with van der Waals surface area (Å²) in [6.07, 6.45) is 5.15. The summed E-state index contributed by atoms with van der Waals surface area (Å²) in [5, 5.41) is 14.1. The third kappa shape index (κ3) is 4.40. The third-order valence-electron chi connectivity index (χ3n) is 4.81. The molecule has 1 N–H and O–H groups in total. The van der Waals surface area contributed by atoms with Crippen LogP contribution >= 0.6 is 11.3 Å². The van der Waals surface area contributed by atoms with E-state index in [9.17, 15) is 4.79 Å². The second kappa shape index (κ2) is 7.98. The van der Waals surface area contributed by atoms with Gasteiger partial charge in [-0.2, -0.15) is 0 Å². The first kappa shape index (κ1) is 17.8. The van der Waals surface area contributed by atoms with E-state index in [1.807, 2.05) is 31.2 Å². The number of aryl methyl sites for hydroxylation is 1. The molecule has 1 saturated heterocycles.